The van der Waals surface area contributed by atoms with Crippen molar-refractivity contribution in [3.05, 3.63) is 29.8 Å². The quantitative estimate of drug-likeness (QED) is 0.869. The van der Waals surface area contributed by atoms with Crippen LogP contribution in [0.2, 0.25) is 0 Å². The van der Waals surface area contributed by atoms with Gasteiger partial charge in [-0.25, -0.2) is 13.1 Å². The molecule has 0 bridgehead atoms. The fourth-order valence-corrected chi connectivity index (χ4v) is 2.47. The van der Waals surface area contributed by atoms with E-state index in [-0.39, 0.29) is 12.5 Å². The summed E-state index contributed by atoms with van der Waals surface area (Å²) in [6.07, 6.45) is 2.91. The van der Waals surface area contributed by atoms with Crippen LogP contribution in [0.5, 0.6) is 0 Å². The van der Waals surface area contributed by atoms with Crippen molar-refractivity contribution in [1.82, 2.24) is 4.72 Å². The van der Waals surface area contributed by atoms with Crippen LogP contribution in [-0.4, -0.2) is 33.7 Å². The lowest BCUT2D eigenvalue weighted by atomic mass is 10.0. The molecule has 0 aliphatic carbocycles. The Balaban J connectivity index is 2.13. The summed E-state index contributed by atoms with van der Waals surface area (Å²) in [5, 5.41) is 0. The third-order valence-corrected chi connectivity index (χ3v) is 3.57. The summed E-state index contributed by atoms with van der Waals surface area (Å²) >= 11 is 0. The molecule has 18 heavy (non-hydrogen) atoms. The van der Waals surface area contributed by atoms with Crippen LogP contribution in [0.3, 0.4) is 0 Å². The van der Waals surface area contributed by atoms with Crippen molar-refractivity contribution in [3.63, 3.8) is 0 Å². The summed E-state index contributed by atoms with van der Waals surface area (Å²) in [5.41, 5.74) is 2.03. The van der Waals surface area contributed by atoms with Crippen LogP contribution in [-0.2, 0) is 21.2 Å². The van der Waals surface area contributed by atoms with Crippen molar-refractivity contribution in [2.45, 2.75) is 12.8 Å². The van der Waals surface area contributed by atoms with Gasteiger partial charge in [0, 0.05) is 12.2 Å². The Hall–Kier alpha value is -1.40. The molecule has 0 unspecified atom stereocenters. The Morgan fingerprint density at radius 3 is 2.83 bits per heavy atom. The maximum atomic E-state index is 12.0. The van der Waals surface area contributed by atoms with Gasteiger partial charge in [0.2, 0.25) is 15.9 Å². The number of anilines is 1. The number of benzene rings is 1. The van der Waals surface area contributed by atoms with Gasteiger partial charge in [0.15, 0.2) is 0 Å². The van der Waals surface area contributed by atoms with E-state index in [1.165, 1.54) is 0 Å². The highest BCUT2D eigenvalue weighted by Gasteiger charge is 2.22. The second kappa shape index (κ2) is 5.07. The van der Waals surface area contributed by atoms with E-state index in [0.29, 0.717) is 6.54 Å². The molecule has 0 saturated carbocycles. The normalized spacial score (nSPS) is 15.3. The standard InChI is InChI=1S/C12H16N2O3S/c1-18(16,17)13-9-12(15)14-8-4-6-10-5-2-3-7-11(10)14/h2-3,5,7,13H,4,6,8-9H2,1H3. The lowest BCUT2D eigenvalue weighted by Crippen LogP contribution is -2.42. The Bertz CT molecular complexity index is 554. The molecule has 1 aliphatic rings. The minimum absolute atomic E-state index is 0.187. The summed E-state index contributed by atoms with van der Waals surface area (Å²) in [6, 6.07) is 7.72. The molecule has 98 valence electrons. The smallest absolute Gasteiger partial charge is 0.242 e. The number of hydrogen-bond donors (Lipinski definition) is 1. The van der Waals surface area contributed by atoms with Crippen molar-refractivity contribution >= 4 is 21.6 Å². The highest BCUT2D eigenvalue weighted by atomic mass is 32.2. The van der Waals surface area contributed by atoms with Crippen molar-refractivity contribution < 1.29 is 13.2 Å². The van der Waals surface area contributed by atoms with E-state index in [9.17, 15) is 13.2 Å². The second-order valence-corrected chi connectivity index (χ2v) is 6.20. The molecule has 1 aromatic rings. The first-order chi connectivity index (χ1) is 8.47. The van der Waals surface area contributed by atoms with Crippen molar-refractivity contribution in [2.24, 2.45) is 0 Å². The van der Waals surface area contributed by atoms with E-state index in [4.69, 9.17) is 0 Å². The van der Waals surface area contributed by atoms with Gasteiger partial charge in [0.05, 0.1) is 12.8 Å². The van der Waals surface area contributed by atoms with Gasteiger partial charge in [0.1, 0.15) is 0 Å². The first-order valence-corrected chi connectivity index (χ1v) is 7.69. The molecule has 1 amide bonds. The van der Waals surface area contributed by atoms with Gasteiger partial charge in [-0.2, -0.15) is 0 Å². The van der Waals surface area contributed by atoms with Gasteiger partial charge in [-0.05, 0) is 24.5 Å². The average molecular weight is 268 g/mol. The minimum atomic E-state index is -3.33. The van der Waals surface area contributed by atoms with E-state index in [0.717, 1.165) is 30.3 Å². The highest BCUT2D eigenvalue weighted by molar-refractivity contribution is 7.88. The third kappa shape index (κ3) is 3.08. The lowest BCUT2D eigenvalue weighted by molar-refractivity contribution is -0.117. The van der Waals surface area contributed by atoms with Crippen LogP contribution in [0, 0.1) is 0 Å². The topological polar surface area (TPSA) is 66.5 Å². The van der Waals surface area contributed by atoms with Gasteiger partial charge in [-0.1, -0.05) is 18.2 Å². The van der Waals surface area contributed by atoms with E-state index in [1.807, 2.05) is 24.3 Å². The molecule has 6 heteroatoms. The molecule has 0 atom stereocenters. The monoisotopic (exact) mass is 268 g/mol. The fraction of sp³-hybridized carbons (Fsp3) is 0.417. The second-order valence-electron chi connectivity index (χ2n) is 4.37. The highest BCUT2D eigenvalue weighted by Crippen LogP contribution is 2.26. The first kappa shape index (κ1) is 13.0. The van der Waals surface area contributed by atoms with Crippen LogP contribution in [0.4, 0.5) is 5.69 Å². The average Bonchev–Trinajstić information content (AvgIpc) is 2.34. The van der Waals surface area contributed by atoms with Crippen LogP contribution in [0.15, 0.2) is 24.3 Å². The molecule has 1 aliphatic heterocycles. The Kier molecular flexibility index (Phi) is 3.68. The van der Waals surface area contributed by atoms with Crippen molar-refractivity contribution in [2.75, 3.05) is 24.2 Å². The van der Waals surface area contributed by atoms with Crippen LogP contribution in [0.1, 0.15) is 12.0 Å². The first-order valence-electron chi connectivity index (χ1n) is 5.80. The largest absolute Gasteiger partial charge is 0.311 e. The molecule has 5 nitrogen and oxygen atoms in total. The minimum Gasteiger partial charge on any atom is -0.311 e. The van der Waals surface area contributed by atoms with Crippen LogP contribution in [0.25, 0.3) is 0 Å². The fourth-order valence-electron chi connectivity index (χ4n) is 2.08. The van der Waals surface area contributed by atoms with Crippen molar-refractivity contribution in [3.8, 4) is 0 Å². The number of carbonyl (C=O) groups excluding carboxylic acids is 1. The zero-order valence-corrected chi connectivity index (χ0v) is 11.0. The maximum Gasteiger partial charge on any atom is 0.242 e. The Labute approximate surface area is 107 Å². The van der Waals surface area contributed by atoms with E-state index in [2.05, 4.69) is 4.72 Å². The van der Waals surface area contributed by atoms with Gasteiger partial charge in [-0.15, -0.1) is 0 Å². The summed E-state index contributed by atoms with van der Waals surface area (Å²) in [5.74, 6) is -0.215. The van der Waals surface area contributed by atoms with Crippen molar-refractivity contribution in [1.29, 1.82) is 0 Å². The Morgan fingerprint density at radius 2 is 2.11 bits per heavy atom. The third-order valence-electron chi connectivity index (χ3n) is 2.90. The zero-order valence-electron chi connectivity index (χ0n) is 10.2. The molecular formula is C12H16N2O3S. The number of rotatable bonds is 3. The van der Waals surface area contributed by atoms with Gasteiger partial charge in [0.25, 0.3) is 0 Å². The van der Waals surface area contributed by atoms with E-state index in [1.54, 1.807) is 4.90 Å². The van der Waals surface area contributed by atoms with Gasteiger partial charge < -0.3 is 4.90 Å². The predicted molar refractivity (Wildman–Crippen MR) is 70.0 cm³/mol. The predicted octanol–water partition coefficient (Wildman–Crippen LogP) is 0.515. The number of sulfonamides is 1. The molecular weight excluding hydrogens is 252 g/mol. The maximum absolute atomic E-state index is 12.0. The van der Waals surface area contributed by atoms with Crippen LogP contribution >= 0.6 is 0 Å². The number of aryl methyl sites for hydroxylation is 1. The molecule has 0 saturated heterocycles. The number of hydrogen-bond acceptors (Lipinski definition) is 3. The number of fused-ring (bicyclic) bond motifs is 1. The molecule has 0 aromatic heterocycles. The van der Waals surface area contributed by atoms with E-state index >= 15 is 0 Å². The number of carbonyl (C=O) groups is 1. The number of nitrogens with zero attached hydrogens (tertiary/aromatic N) is 1. The summed E-state index contributed by atoms with van der Waals surface area (Å²) in [4.78, 5) is 13.7. The zero-order chi connectivity index (χ0) is 13.2. The summed E-state index contributed by atoms with van der Waals surface area (Å²) in [6.45, 7) is 0.453. The summed E-state index contributed by atoms with van der Waals surface area (Å²) < 4.78 is 24.2. The molecule has 1 aromatic carbocycles. The van der Waals surface area contributed by atoms with Gasteiger partial charge in [-0.3, -0.25) is 4.79 Å². The SMILES string of the molecule is CS(=O)(=O)NCC(=O)N1CCCc2ccccc21. The lowest BCUT2D eigenvalue weighted by Gasteiger charge is -2.29. The van der Waals surface area contributed by atoms with Crippen LogP contribution < -0.4 is 9.62 Å². The molecule has 1 heterocycles. The molecule has 0 radical (unpaired) electrons. The molecule has 0 spiro atoms. The van der Waals surface area contributed by atoms with Gasteiger partial charge >= 0.3 is 0 Å². The molecule has 1 N–H and O–H groups in total. The molecule has 2 rings (SSSR count). The van der Waals surface area contributed by atoms with E-state index < -0.39 is 10.0 Å². The Morgan fingerprint density at radius 1 is 1.39 bits per heavy atom. The number of nitrogens with one attached hydrogen (secondary N) is 1. The summed E-state index contributed by atoms with van der Waals surface area (Å²) in [7, 11) is -3.33. The number of amides is 1. The number of para-hydroxylation sites is 1. The molecule has 0 fully saturated rings.